The van der Waals surface area contributed by atoms with Crippen molar-refractivity contribution >= 4 is 11.3 Å². The summed E-state index contributed by atoms with van der Waals surface area (Å²) in [6.07, 6.45) is 5.80. The van der Waals surface area contributed by atoms with Gasteiger partial charge in [0.25, 0.3) is 0 Å². The minimum atomic E-state index is -0.201. The summed E-state index contributed by atoms with van der Waals surface area (Å²) in [6.45, 7) is 1.15. The second kappa shape index (κ2) is 5.84. The van der Waals surface area contributed by atoms with Gasteiger partial charge in [-0.15, -0.1) is 0 Å². The molecule has 3 aromatic rings. The molecule has 0 saturated carbocycles. The fourth-order valence-electron chi connectivity index (χ4n) is 2.17. The summed E-state index contributed by atoms with van der Waals surface area (Å²) in [7, 11) is 1.64. The number of fused-ring (bicyclic) bond motifs is 1. The van der Waals surface area contributed by atoms with E-state index in [1.54, 1.807) is 30.3 Å². The first-order valence-corrected chi connectivity index (χ1v) is 6.64. The number of nitrogens with one attached hydrogen (secondary N) is 1. The molecule has 0 atom stereocenters. The summed E-state index contributed by atoms with van der Waals surface area (Å²) in [5, 5.41) is 0. The van der Waals surface area contributed by atoms with E-state index in [0.717, 1.165) is 12.0 Å². The molecular formula is C14H15N5O2. The highest BCUT2D eigenvalue weighted by molar-refractivity contribution is 5.70. The largest absolute Gasteiger partial charge is 0.385 e. The van der Waals surface area contributed by atoms with Crippen molar-refractivity contribution in [1.82, 2.24) is 24.5 Å². The Balaban J connectivity index is 1.99. The summed E-state index contributed by atoms with van der Waals surface area (Å²) in [5.41, 5.74) is 2.47. The molecule has 7 nitrogen and oxygen atoms in total. The molecule has 1 N–H and O–H groups in total. The summed E-state index contributed by atoms with van der Waals surface area (Å²) in [4.78, 5) is 27.5. The van der Waals surface area contributed by atoms with Crippen LogP contribution in [0.25, 0.3) is 22.6 Å². The molecule has 0 aliphatic carbocycles. The number of nitrogens with zero attached hydrogens (tertiary/aromatic N) is 4. The number of ether oxygens (including phenoxy) is 1. The Labute approximate surface area is 120 Å². The molecule has 3 aromatic heterocycles. The molecule has 0 radical (unpaired) electrons. The van der Waals surface area contributed by atoms with Crippen LogP contribution in [0.2, 0.25) is 0 Å². The van der Waals surface area contributed by atoms with Gasteiger partial charge in [-0.25, -0.2) is 14.8 Å². The quantitative estimate of drug-likeness (QED) is 0.712. The fraction of sp³-hybridized carbons (Fsp3) is 0.286. The summed E-state index contributed by atoms with van der Waals surface area (Å²) in [6, 6.07) is 3.70. The first kappa shape index (κ1) is 13.4. The fourth-order valence-corrected chi connectivity index (χ4v) is 2.17. The number of aromatic amines is 1. The summed E-state index contributed by atoms with van der Waals surface area (Å²) in [5.74, 6) is 0. The Hall–Kier alpha value is -2.54. The Bertz CT molecular complexity index is 794. The van der Waals surface area contributed by atoms with Crippen LogP contribution in [0.15, 0.2) is 35.5 Å². The van der Waals surface area contributed by atoms with Gasteiger partial charge in [-0.05, 0) is 18.6 Å². The second-order valence-electron chi connectivity index (χ2n) is 4.59. The van der Waals surface area contributed by atoms with E-state index in [4.69, 9.17) is 4.74 Å². The molecular weight excluding hydrogens is 270 g/mol. The Morgan fingerprint density at radius 3 is 2.90 bits per heavy atom. The maximum Gasteiger partial charge on any atom is 0.328 e. The first-order valence-electron chi connectivity index (χ1n) is 6.64. The summed E-state index contributed by atoms with van der Waals surface area (Å²) >= 11 is 0. The molecule has 3 rings (SSSR count). The Morgan fingerprint density at radius 1 is 1.33 bits per heavy atom. The minimum Gasteiger partial charge on any atom is -0.385 e. The van der Waals surface area contributed by atoms with Crippen molar-refractivity contribution in [3.05, 3.63) is 41.2 Å². The van der Waals surface area contributed by atoms with E-state index >= 15 is 0 Å². The van der Waals surface area contributed by atoms with Crippen molar-refractivity contribution in [2.45, 2.75) is 13.0 Å². The second-order valence-corrected chi connectivity index (χ2v) is 4.59. The SMILES string of the molecule is COCCCn1c(=O)[nH]c2nc(-c3ccncc3)cnc21. The highest BCUT2D eigenvalue weighted by Gasteiger charge is 2.10. The van der Waals surface area contributed by atoms with E-state index in [-0.39, 0.29) is 5.69 Å². The van der Waals surface area contributed by atoms with Gasteiger partial charge in [-0.2, -0.15) is 0 Å². The lowest BCUT2D eigenvalue weighted by atomic mass is 10.2. The smallest absolute Gasteiger partial charge is 0.328 e. The van der Waals surface area contributed by atoms with Gasteiger partial charge < -0.3 is 4.74 Å². The molecule has 3 heterocycles. The van der Waals surface area contributed by atoms with Gasteiger partial charge in [-0.3, -0.25) is 14.5 Å². The zero-order valence-electron chi connectivity index (χ0n) is 11.6. The number of hydrogen-bond acceptors (Lipinski definition) is 5. The van der Waals surface area contributed by atoms with Crippen LogP contribution in [0.4, 0.5) is 0 Å². The van der Waals surface area contributed by atoms with Crippen LogP contribution in [0.3, 0.4) is 0 Å². The molecule has 108 valence electrons. The molecule has 21 heavy (non-hydrogen) atoms. The number of H-pyrrole nitrogens is 1. The van der Waals surface area contributed by atoms with Crippen LogP contribution in [-0.2, 0) is 11.3 Å². The predicted octanol–water partition coefficient (Wildman–Crippen LogP) is 1.22. The van der Waals surface area contributed by atoms with Crippen LogP contribution < -0.4 is 5.69 Å². The maximum atomic E-state index is 12.0. The number of aromatic nitrogens is 5. The van der Waals surface area contributed by atoms with Gasteiger partial charge >= 0.3 is 5.69 Å². The van der Waals surface area contributed by atoms with E-state index in [1.165, 1.54) is 0 Å². The third-order valence-electron chi connectivity index (χ3n) is 3.19. The standard InChI is InChI=1S/C14H15N5O2/c1-21-8-2-7-19-13-12(18-14(19)20)17-11(9-16-13)10-3-5-15-6-4-10/h3-6,9H,2,7-8H2,1H3,(H,17,18,20). The monoisotopic (exact) mass is 285 g/mol. The lowest BCUT2D eigenvalue weighted by Crippen LogP contribution is -2.17. The molecule has 0 aliphatic heterocycles. The average molecular weight is 285 g/mol. The molecule has 0 amide bonds. The average Bonchev–Trinajstić information content (AvgIpc) is 2.83. The van der Waals surface area contributed by atoms with Gasteiger partial charge in [-0.1, -0.05) is 0 Å². The topological polar surface area (TPSA) is 85.7 Å². The number of pyridine rings is 1. The van der Waals surface area contributed by atoms with Crippen molar-refractivity contribution in [3.63, 3.8) is 0 Å². The minimum absolute atomic E-state index is 0.201. The van der Waals surface area contributed by atoms with E-state index < -0.39 is 0 Å². The van der Waals surface area contributed by atoms with Crippen LogP contribution in [0, 0.1) is 0 Å². The first-order chi connectivity index (χ1) is 10.3. The highest BCUT2D eigenvalue weighted by Crippen LogP contribution is 2.16. The van der Waals surface area contributed by atoms with Crippen molar-refractivity contribution in [3.8, 4) is 11.3 Å². The Kier molecular flexibility index (Phi) is 3.74. The zero-order chi connectivity index (χ0) is 14.7. The normalized spacial score (nSPS) is 11.1. The van der Waals surface area contributed by atoms with Crippen molar-refractivity contribution < 1.29 is 4.74 Å². The number of hydrogen-bond donors (Lipinski definition) is 1. The van der Waals surface area contributed by atoms with Crippen LogP contribution >= 0.6 is 0 Å². The van der Waals surface area contributed by atoms with Crippen molar-refractivity contribution in [1.29, 1.82) is 0 Å². The number of rotatable bonds is 5. The molecule has 0 bridgehead atoms. The van der Waals surface area contributed by atoms with E-state index in [2.05, 4.69) is 19.9 Å². The van der Waals surface area contributed by atoms with E-state index in [1.807, 2.05) is 12.1 Å². The van der Waals surface area contributed by atoms with Gasteiger partial charge in [0, 0.05) is 38.2 Å². The van der Waals surface area contributed by atoms with E-state index in [9.17, 15) is 4.79 Å². The lowest BCUT2D eigenvalue weighted by Gasteiger charge is -2.03. The molecule has 7 heteroatoms. The van der Waals surface area contributed by atoms with E-state index in [0.29, 0.717) is 30.1 Å². The van der Waals surface area contributed by atoms with Crippen LogP contribution in [-0.4, -0.2) is 38.2 Å². The highest BCUT2D eigenvalue weighted by atomic mass is 16.5. The lowest BCUT2D eigenvalue weighted by molar-refractivity contribution is 0.190. The third-order valence-corrected chi connectivity index (χ3v) is 3.19. The molecule has 0 fully saturated rings. The zero-order valence-corrected chi connectivity index (χ0v) is 11.6. The van der Waals surface area contributed by atoms with Crippen LogP contribution in [0.1, 0.15) is 6.42 Å². The number of methoxy groups -OCH3 is 1. The van der Waals surface area contributed by atoms with Crippen molar-refractivity contribution in [2.75, 3.05) is 13.7 Å². The number of imidazole rings is 1. The molecule has 0 aliphatic rings. The molecule has 0 saturated heterocycles. The Morgan fingerprint density at radius 2 is 2.14 bits per heavy atom. The van der Waals surface area contributed by atoms with Crippen LogP contribution in [0.5, 0.6) is 0 Å². The third kappa shape index (κ3) is 2.68. The molecule has 0 aromatic carbocycles. The van der Waals surface area contributed by atoms with Gasteiger partial charge in [0.05, 0.1) is 11.9 Å². The molecule has 0 spiro atoms. The van der Waals surface area contributed by atoms with Gasteiger partial charge in [0.15, 0.2) is 11.3 Å². The van der Waals surface area contributed by atoms with Gasteiger partial charge in [0.1, 0.15) is 0 Å². The molecule has 0 unspecified atom stereocenters. The summed E-state index contributed by atoms with van der Waals surface area (Å²) < 4.78 is 6.58. The predicted molar refractivity (Wildman–Crippen MR) is 77.9 cm³/mol. The number of aryl methyl sites for hydroxylation is 1. The van der Waals surface area contributed by atoms with Gasteiger partial charge in [0.2, 0.25) is 0 Å². The van der Waals surface area contributed by atoms with Crippen molar-refractivity contribution in [2.24, 2.45) is 0 Å². The maximum absolute atomic E-state index is 12.0.